The third-order valence-electron chi connectivity index (χ3n) is 4.41. The van der Waals surface area contributed by atoms with Crippen LogP contribution in [-0.4, -0.2) is 36.6 Å². The summed E-state index contributed by atoms with van der Waals surface area (Å²) >= 11 is 6.24. The predicted octanol–water partition coefficient (Wildman–Crippen LogP) is 4.85. The lowest BCUT2D eigenvalue weighted by molar-refractivity contribution is -0.384. The minimum atomic E-state index is -0.806. The van der Waals surface area contributed by atoms with Gasteiger partial charge in [0.05, 0.1) is 28.7 Å². The van der Waals surface area contributed by atoms with Crippen molar-refractivity contribution >= 4 is 34.9 Å². The number of carbonyl (C=O) groups is 2. The highest BCUT2D eigenvalue weighted by molar-refractivity contribution is 6.32. The van der Waals surface area contributed by atoms with Crippen molar-refractivity contribution in [3.05, 3.63) is 56.1 Å². The van der Waals surface area contributed by atoms with Gasteiger partial charge in [-0.05, 0) is 56.5 Å². The molecule has 0 aliphatic rings. The van der Waals surface area contributed by atoms with Gasteiger partial charge in [0.25, 0.3) is 11.6 Å². The Hall–Kier alpha value is -3.33. The van der Waals surface area contributed by atoms with Crippen LogP contribution in [-0.2, 0) is 9.53 Å². The molecule has 0 bridgehead atoms. The second-order valence-corrected chi connectivity index (χ2v) is 7.31. The second-order valence-electron chi connectivity index (χ2n) is 6.90. The van der Waals surface area contributed by atoms with Crippen LogP contribution in [0.4, 0.5) is 11.4 Å². The molecule has 10 heteroatoms. The molecule has 0 aliphatic carbocycles. The fraction of sp³-hybridized carbons (Fsp3) is 0.364. The molecule has 2 aromatic rings. The van der Waals surface area contributed by atoms with Crippen molar-refractivity contribution in [2.45, 2.75) is 34.1 Å². The number of rotatable bonds is 10. The van der Waals surface area contributed by atoms with E-state index in [0.717, 1.165) is 17.5 Å². The summed E-state index contributed by atoms with van der Waals surface area (Å²) in [5.74, 6) is -0.911. The summed E-state index contributed by atoms with van der Waals surface area (Å²) in [6.45, 7) is 7.33. The number of hydrogen-bond acceptors (Lipinski definition) is 7. The average molecular weight is 465 g/mol. The molecule has 0 unspecified atom stereocenters. The van der Waals surface area contributed by atoms with Gasteiger partial charge in [-0.1, -0.05) is 18.5 Å². The van der Waals surface area contributed by atoms with Crippen LogP contribution in [0.15, 0.2) is 24.3 Å². The highest BCUT2D eigenvalue weighted by atomic mass is 35.5. The Morgan fingerprint density at radius 2 is 1.78 bits per heavy atom. The predicted molar refractivity (Wildman–Crippen MR) is 120 cm³/mol. The summed E-state index contributed by atoms with van der Waals surface area (Å²) in [5.41, 5.74) is 1.34. The number of anilines is 1. The topological polar surface area (TPSA) is 117 Å². The number of nitro groups is 1. The van der Waals surface area contributed by atoms with E-state index in [4.69, 9.17) is 25.8 Å². The van der Waals surface area contributed by atoms with Gasteiger partial charge in [-0.2, -0.15) is 0 Å². The van der Waals surface area contributed by atoms with Crippen molar-refractivity contribution in [3.63, 3.8) is 0 Å². The van der Waals surface area contributed by atoms with Gasteiger partial charge in [0.15, 0.2) is 18.1 Å². The third kappa shape index (κ3) is 6.34. The first-order valence-corrected chi connectivity index (χ1v) is 10.4. The van der Waals surface area contributed by atoms with Crippen LogP contribution in [0.5, 0.6) is 11.5 Å². The second kappa shape index (κ2) is 11.3. The van der Waals surface area contributed by atoms with Gasteiger partial charge < -0.3 is 19.5 Å². The minimum Gasteiger partial charge on any atom is -0.490 e. The van der Waals surface area contributed by atoms with E-state index >= 15 is 0 Å². The van der Waals surface area contributed by atoms with E-state index in [9.17, 15) is 19.7 Å². The number of hydrogen-bond donors (Lipinski definition) is 1. The van der Waals surface area contributed by atoms with E-state index in [0.29, 0.717) is 19.0 Å². The van der Waals surface area contributed by atoms with E-state index in [1.807, 2.05) is 6.92 Å². The Bertz CT molecular complexity index is 1020. The fourth-order valence-electron chi connectivity index (χ4n) is 2.75. The molecular weight excluding hydrogens is 440 g/mol. The van der Waals surface area contributed by atoms with E-state index in [1.54, 1.807) is 20.8 Å². The zero-order chi connectivity index (χ0) is 23.8. The van der Waals surface area contributed by atoms with Crippen molar-refractivity contribution < 1.29 is 28.7 Å². The number of ether oxygens (including phenoxy) is 3. The van der Waals surface area contributed by atoms with E-state index in [2.05, 4.69) is 5.32 Å². The molecule has 0 atom stereocenters. The number of halogens is 1. The Morgan fingerprint density at radius 3 is 2.41 bits per heavy atom. The summed E-state index contributed by atoms with van der Waals surface area (Å²) in [6, 6.07) is 5.66. The summed E-state index contributed by atoms with van der Waals surface area (Å²) in [4.78, 5) is 35.4. The Kier molecular flexibility index (Phi) is 8.83. The monoisotopic (exact) mass is 464 g/mol. The summed E-state index contributed by atoms with van der Waals surface area (Å²) in [6.07, 6.45) is 0.763. The Morgan fingerprint density at radius 1 is 1.09 bits per heavy atom. The number of esters is 1. The number of aryl methyl sites for hydroxylation is 2. The number of nitrogens with one attached hydrogen (secondary N) is 1. The molecule has 1 amide bonds. The molecule has 2 rings (SSSR count). The lowest BCUT2D eigenvalue weighted by Gasteiger charge is -2.14. The summed E-state index contributed by atoms with van der Waals surface area (Å²) in [7, 11) is 0. The molecule has 0 aromatic heterocycles. The number of amides is 1. The van der Waals surface area contributed by atoms with E-state index in [1.165, 1.54) is 24.3 Å². The molecule has 1 N–H and O–H groups in total. The maximum absolute atomic E-state index is 12.4. The lowest BCUT2D eigenvalue weighted by Crippen LogP contribution is -2.21. The molecule has 9 nitrogen and oxygen atoms in total. The van der Waals surface area contributed by atoms with Crippen molar-refractivity contribution in [1.29, 1.82) is 0 Å². The van der Waals surface area contributed by atoms with Crippen LogP contribution in [0, 0.1) is 24.0 Å². The number of nitro benzene ring substituents is 1. The van der Waals surface area contributed by atoms with Crippen molar-refractivity contribution in [2.24, 2.45) is 0 Å². The quantitative estimate of drug-likeness (QED) is 0.303. The van der Waals surface area contributed by atoms with Crippen LogP contribution in [0.2, 0.25) is 5.02 Å². The van der Waals surface area contributed by atoms with Crippen molar-refractivity contribution in [3.8, 4) is 11.5 Å². The number of carbonyl (C=O) groups excluding carboxylic acids is 2. The maximum atomic E-state index is 12.4. The van der Waals surface area contributed by atoms with Gasteiger partial charge in [-0.3, -0.25) is 14.9 Å². The highest BCUT2D eigenvalue weighted by Gasteiger charge is 2.20. The smallest absolute Gasteiger partial charge is 0.338 e. The lowest BCUT2D eigenvalue weighted by atomic mass is 10.1. The molecule has 0 spiro atoms. The molecule has 0 heterocycles. The SMILES string of the molecule is CCCOc1c(Cl)cc(C(=O)OCC(=O)Nc2cc(C)c(C)cc2[N+](=O)[O-])cc1OCC. The Labute approximate surface area is 190 Å². The van der Waals surface area contributed by atoms with Crippen molar-refractivity contribution in [2.75, 3.05) is 25.1 Å². The van der Waals surface area contributed by atoms with Gasteiger partial charge in [0.1, 0.15) is 5.69 Å². The normalized spacial score (nSPS) is 10.4. The van der Waals surface area contributed by atoms with Gasteiger partial charge in [-0.25, -0.2) is 4.79 Å². The van der Waals surface area contributed by atoms with Crippen LogP contribution in [0.3, 0.4) is 0 Å². The molecule has 32 heavy (non-hydrogen) atoms. The van der Waals surface area contributed by atoms with Crippen molar-refractivity contribution in [1.82, 2.24) is 0 Å². The van der Waals surface area contributed by atoms with Gasteiger partial charge >= 0.3 is 5.97 Å². The van der Waals surface area contributed by atoms with E-state index < -0.39 is 23.4 Å². The van der Waals surface area contributed by atoms with Gasteiger partial charge in [0.2, 0.25) is 0 Å². The zero-order valence-corrected chi connectivity index (χ0v) is 19.1. The first-order valence-electron chi connectivity index (χ1n) is 9.99. The first-order chi connectivity index (χ1) is 15.2. The highest BCUT2D eigenvalue weighted by Crippen LogP contribution is 2.37. The zero-order valence-electron chi connectivity index (χ0n) is 18.3. The largest absolute Gasteiger partial charge is 0.490 e. The van der Waals surface area contributed by atoms with Gasteiger partial charge in [-0.15, -0.1) is 0 Å². The molecule has 0 saturated heterocycles. The third-order valence-corrected chi connectivity index (χ3v) is 4.69. The number of benzene rings is 2. The van der Waals surface area contributed by atoms with Crippen LogP contribution >= 0.6 is 11.6 Å². The molecule has 0 fully saturated rings. The Balaban J connectivity index is 2.11. The standard InChI is InChI=1S/C22H25ClN2O7/c1-5-7-31-21-16(23)10-15(11-19(21)30-6-2)22(27)32-12-20(26)24-17-8-13(3)14(4)9-18(17)25(28)29/h8-11H,5-7,12H2,1-4H3,(H,24,26). The molecule has 0 saturated carbocycles. The molecule has 172 valence electrons. The minimum absolute atomic E-state index is 0.0262. The number of nitrogens with zero attached hydrogens (tertiary/aromatic N) is 1. The molecule has 0 aliphatic heterocycles. The van der Waals surface area contributed by atoms with Crippen LogP contribution in [0.25, 0.3) is 0 Å². The molecule has 2 aromatic carbocycles. The van der Waals surface area contributed by atoms with Crippen LogP contribution < -0.4 is 14.8 Å². The molecular formula is C22H25ClN2O7. The fourth-order valence-corrected chi connectivity index (χ4v) is 3.01. The van der Waals surface area contributed by atoms with Gasteiger partial charge in [0, 0.05) is 6.07 Å². The summed E-state index contributed by atoms with van der Waals surface area (Å²) < 4.78 is 16.1. The van der Waals surface area contributed by atoms with E-state index in [-0.39, 0.29) is 27.7 Å². The first kappa shape index (κ1) is 24.9. The van der Waals surface area contributed by atoms with Crippen LogP contribution in [0.1, 0.15) is 41.8 Å². The summed E-state index contributed by atoms with van der Waals surface area (Å²) in [5, 5.41) is 13.8. The molecule has 0 radical (unpaired) electrons. The average Bonchev–Trinajstić information content (AvgIpc) is 2.73. The maximum Gasteiger partial charge on any atom is 0.338 e.